The van der Waals surface area contributed by atoms with Crippen molar-refractivity contribution in [3.05, 3.63) is 87.0 Å². The van der Waals surface area contributed by atoms with E-state index in [9.17, 15) is 4.79 Å². The molecule has 3 atom stereocenters. The van der Waals surface area contributed by atoms with Crippen LogP contribution in [0.2, 0.25) is 15.1 Å². The van der Waals surface area contributed by atoms with Gasteiger partial charge in [0.25, 0.3) is 5.91 Å². The summed E-state index contributed by atoms with van der Waals surface area (Å²) in [6, 6.07) is 16.8. The molecule has 1 fully saturated rings. The number of pyridine rings is 1. The van der Waals surface area contributed by atoms with Crippen LogP contribution < -0.4 is 9.64 Å². The number of aromatic nitrogens is 1. The number of hydrogen-bond donors (Lipinski definition) is 0. The van der Waals surface area contributed by atoms with E-state index < -0.39 is 0 Å². The number of benzene rings is 2. The molecule has 3 unspecified atom stereocenters. The van der Waals surface area contributed by atoms with Gasteiger partial charge in [0.05, 0.1) is 15.1 Å². The van der Waals surface area contributed by atoms with Gasteiger partial charge in [-0.25, -0.2) is 4.98 Å². The van der Waals surface area contributed by atoms with Crippen LogP contribution in [0, 0.1) is 5.92 Å². The first kappa shape index (κ1) is 24.6. The Morgan fingerprint density at radius 2 is 1.76 bits per heavy atom. The van der Waals surface area contributed by atoms with E-state index in [1.165, 1.54) is 0 Å². The van der Waals surface area contributed by atoms with Crippen LogP contribution in [-0.2, 0) is 0 Å². The lowest BCUT2D eigenvalue weighted by Crippen LogP contribution is -2.32. The molecular weight excluding hydrogens is 493 g/mol. The zero-order chi connectivity index (χ0) is 24.4. The Balaban J connectivity index is 1.59. The van der Waals surface area contributed by atoms with Crippen molar-refractivity contribution in [1.29, 1.82) is 0 Å². The van der Waals surface area contributed by atoms with Crippen molar-refractivity contribution in [2.45, 2.75) is 18.9 Å². The van der Waals surface area contributed by atoms with Crippen molar-refractivity contribution in [1.82, 2.24) is 9.88 Å². The lowest BCUT2D eigenvalue weighted by molar-refractivity contribution is 0.0769. The molecule has 1 saturated heterocycles. The SMILES string of the molecule is CC(Oc1ccc(Cl)cn1)C1CN(C(=O)c2ccc(N(C)C)cc2)CC1c1ccc(Cl)c(Cl)c1. The Bertz CT molecular complexity index is 1150. The number of carbonyl (C=O) groups excluding carboxylic acids is 1. The summed E-state index contributed by atoms with van der Waals surface area (Å²) in [5.41, 5.74) is 2.73. The molecule has 2 aromatic carbocycles. The Kier molecular flexibility index (Phi) is 7.56. The van der Waals surface area contributed by atoms with Gasteiger partial charge >= 0.3 is 0 Å². The Morgan fingerprint density at radius 1 is 1.03 bits per heavy atom. The topological polar surface area (TPSA) is 45.7 Å². The molecule has 5 nitrogen and oxygen atoms in total. The first-order chi connectivity index (χ1) is 16.2. The van der Waals surface area contributed by atoms with E-state index in [1.54, 1.807) is 24.4 Å². The molecule has 2 heterocycles. The molecule has 1 aliphatic heterocycles. The maximum Gasteiger partial charge on any atom is 0.253 e. The van der Waals surface area contributed by atoms with Gasteiger partial charge in [0.1, 0.15) is 6.10 Å². The van der Waals surface area contributed by atoms with Gasteiger partial charge < -0.3 is 14.5 Å². The molecule has 1 amide bonds. The zero-order valence-electron chi connectivity index (χ0n) is 19.2. The summed E-state index contributed by atoms with van der Waals surface area (Å²) in [4.78, 5) is 21.5. The van der Waals surface area contributed by atoms with Crippen molar-refractivity contribution in [3.8, 4) is 5.88 Å². The van der Waals surface area contributed by atoms with E-state index in [-0.39, 0.29) is 23.8 Å². The number of likely N-dealkylation sites (tertiary alicyclic amines) is 1. The van der Waals surface area contributed by atoms with Gasteiger partial charge in [-0.15, -0.1) is 0 Å². The van der Waals surface area contributed by atoms with Crippen molar-refractivity contribution in [3.63, 3.8) is 0 Å². The van der Waals surface area contributed by atoms with E-state index in [0.29, 0.717) is 39.6 Å². The molecule has 0 bridgehead atoms. The van der Waals surface area contributed by atoms with Crippen molar-refractivity contribution < 1.29 is 9.53 Å². The highest BCUT2D eigenvalue weighted by Crippen LogP contribution is 2.39. The second-order valence-corrected chi connectivity index (χ2v) is 9.98. The van der Waals surface area contributed by atoms with Gasteiger partial charge in [0, 0.05) is 62.5 Å². The number of rotatable bonds is 6. The van der Waals surface area contributed by atoms with Crippen LogP contribution in [0.4, 0.5) is 5.69 Å². The summed E-state index contributed by atoms with van der Waals surface area (Å²) in [6.07, 6.45) is 1.35. The smallest absolute Gasteiger partial charge is 0.253 e. The number of amides is 1. The fraction of sp³-hybridized carbons (Fsp3) is 0.308. The highest BCUT2D eigenvalue weighted by Gasteiger charge is 2.40. The fourth-order valence-electron chi connectivity index (χ4n) is 4.36. The van der Waals surface area contributed by atoms with Crippen LogP contribution in [0.25, 0.3) is 0 Å². The molecule has 0 saturated carbocycles. The van der Waals surface area contributed by atoms with Gasteiger partial charge in [0.15, 0.2) is 0 Å². The average molecular weight is 519 g/mol. The third-order valence-electron chi connectivity index (χ3n) is 6.26. The number of halogens is 3. The summed E-state index contributed by atoms with van der Waals surface area (Å²) in [6.45, 7) is 3.11. The summed E-state index contributed by atoms with van der Waals surface area (Å²) in [7, 11) is 3.95. The van der Waals surface area contributed by atoms with Crippen molar-refractivity contribution >= 4 is 46.4 Å². The summed E-state index contributed by atoms with van der Waals surface area (Å²) in [5, 5.41) is 1.55. The number of ether oxygens (including phenoxy) is 1. The summed E-state index contributed by atoms with van der Waals surface area (Å²) in [5.74, 6) is 0.547. The minimum atomic E-state index is -0.206. The van der Waals surface area contributed by atoms with Gasteiger partial charge in [-0.1, -0.05) is 40.9 Å². The minimum Gasteiger partial charge on any atom is -0.474 e. The van der Waals surface area contributed by atoms with E-state index in [1.807, 2.05) is 67.2 Å². The molecule has 1 aromatic heterocycles. The fourth-order valence-corrected chi connectivity index (χ4v) is 4.78. The van der Waals surface area contributed by atoms with E-state index in [2.05, 4.69) is 4.98 Å². The second-order valence-electron chi connectivity index (χ2n) is 8.73. The molecular formula is C26H26Cl3N3O2. The molecule has 0 radical (unpaired) electrons. The van der Waals surface area contributed by atoms with Crippen LogP contribution in [0.1, 0.15) is 28.8 Å². The van der Waals surface area contributed by atoms with Crippen LogP contribution in [-0.4, -0.2) is 49.1 Å². The van der Waals surface area contributed by atoms with E-state index in [4.69, 9.17) is 39.5 Å². The third kappa shape index (κ3) is 5.43. The molecule has 1 aliphatic rings. The standard InChI is InChI=1S/C26H26Cl3N3O2/c1-16(34-25-11-7-19(27)13-30-25)21-14-32(15-22(21)18-6-10-23(28)24(29)12-18)26(33)17-4-8-20(9-5-17)31(2)3/h4-13,16,21-22H,14-15H2,1-3H3. The molecule has 3 aromatic rings. The first-order valence-corrected chi connectivity index (χ1v) is 12.2. The minimum absolute atomic E-state index is 0.00492. The lowest BCUT2D eigenvalue weighted by Gasteiger charge is -2.25. The van der Waals surface area contributed by atoms with Gasteiger partial charge in [0.2, 0.25) is 5.88 Å². The monoisotopic (exact) mass is 517 g/mol. The quantitative estimate of drug-likeness (QED) is 0.377. The van der Waals surface area contributed by atoms with E-state index >= 15 is 0 Å². The molecule has 0 N–H and O–H groups in total. The maximum atomic E-state index is 13.4. The third-order valence-corrected chi connectivity index (χ3v) is 7.23. The average Bonchev–Trinajstić information content (AvgIpc) is 3.27. The molecule has 34 heavy (non-hydrogen) atoms. The maximum absolute atomic E-state index is 13.4. The number of anilines is 1. The lowest BCUT2D eigenvalue weighted by atomic mass is 9.86. The predicted octanol–water partition coefficient (Wildman–Crippen LogP) is 6.43. The van der Waals surface area contributed by atoms with Gasteiger partial charge in [-0.3, -0.25) is 4.79 Å². The molecule has 0 aliphatic carbocycles. The zero-order valence-corrected chi connectivity index (χ0v) is 21.5. The Morgan fingerprint density at radius 3 is 2.38 bits per heavy atom. The highest BCUT2D eigenvalue weighted by atomic mass is 35.5. The largest absolute Gasteiger partial charge is 0.474 e. The van der Waals surface area contributed by atoms with Crippen LogP contribution >= 0.6 is 34.8 Å². The number of carbonyl (C=O) groups is 1. The van der Waals surface area contributed by atoms with Crippen molar-refractivity contribution in [2.24, 2.45) is 5.92 Å². The van der Waals surface area contributed by atoms with Crippen LogP contribution in [0.3, 0.4) is 0 Å². The van der Waals surface area contributed by atoms with Gasteiger partial charge in [-0.05, 0) is 55.0 Å². The summed E-state index contributed by atoms with van der Waals surface area (Å²) >= 11 is 18.4. The molecule has 0 spiro atoms. The molecule has 4 rings (SSSR count). The molecule has 178 valence electrons. The number of nitrogens with zero attached hydrogens (tertiary/aromatic N) is 3. The molecule has 8 heteroatoms. The predicted molar refractivity (Wildman–Crippen MR) is 139 cm³/mol. The Hall–Kier alpha value is -2.47. The Labute approximate surface area is 215 Å². The van der Waals surface area contributed by atoms with Crippen molar-refractivity contribution in [2.75, 3.05) is 32.1 Å². The highest BCUT2D eigenvalue weighted by molar-refractivity contribution is 6.42. The summed E-state index contributed by atoms with van der Waals surface area (Å²) < 4.78 is 6.16. The van der Waals surface area contributed by atoms with Gasteiger partial charge in [-0.2, -0.15) is 0 Å². The van der Waals surface area contributed by atoms with Crippen LogP contribution in [0.5, 0.6) is 5.88 Å². The first-order valence-electron chi connectivity index (χ1n) is 11.0. The van der Waals surface area contributed by atoms with E-state index in [0.717, 1.165) is 11.3 Å². The number of hydrogen-bond acceptors (Lipinski definition) is 4. The normalized spacial score (nSPS) is 18.6. The van der Waals surface area contributed by atoms with Crippen LogP contribution in [0.15, 0.2) is 60.8 Å². The second kappa shape index (κ2) is 10.4.